The summed E-state index contributed by atoms with van der Waals surface area (Å²) in [5.74, 6) is 1.02. The molecule has 1 heterocycles. The topological polar surface area (TPSA) is 20.3 Å². The van der Waals surface area contributed by atoms with Gasteiger partial charge in [0.25, 0.3) is 0 Å². The van der Waals surface area contributed by atoms with E-state index >= 15 is 0 Å². The Hall–Kier alpha value is -2.09. The Kier molecular flexibility index (Phi) is 5.68. The predicted molar refractivity (Wildman–Crippen MR) is 98.9 cm³/mol. The second kappa shape index (κ2) is 8.14. The second-order valence-electron chi connectivity index (χ2n) is 6.83. The first kappa shape index (κ1) is 16.8. The van der Waals surface area contributed by atoms with Crippen LogP contribution in [0.15, 0.2) is 60.7 Å². The minimum Gasteiger partial charge on any atom is -0.342 e. The van der Waals surface area contributed by atoms with Crippen LogP contribution in [0, 0.1) is 5.92 Å². The highest BCUT2D eigenvalue weighted by molar-refractivity contribution is 5.83. The largest absolute Gasteiger partial charge is 0.342 e. The predicted octanol–water partition coefficient (Wildman–Crippen LogP) is 4.66. The van der Waals surface area contributed by atoms with Crippen LogP contribution in [-0.2, 0) is 11.2 Å². The zero-order chi connectivity index (χ0) is 16.8. The van der Waals surface area contributed by atoms with Crippen molar-refractivity contribution in [3.8, 4) is 0 Å². The van der Waals surface area contributed by atoms with E-state index < -0.39 is 0 Å². The van der Waals surface area contributed by atoms with Gasteiger partial charge in [-0.1, -0.05) is 67.6 Å². The second-order valence-corrected chi connectivity index (χ2v) is 6.83. The van der Waals surface area contributed by atoms with Crippen molar-refractivity contribution < 1.29 is 4.79 Å². The molecule has 1 unspecified atom stereocenters. The van der Waals surface area contributed by atoms with Crippen LogP contribution < -0.4 is 0 Å². The number of hydrogen-bond acceptors (Lipinski definition) is 1. The van der Waals surface area contributed by atoms with E-state index in [4.69, 9.17) is 0 Å². The number of likely N-dealkylation sites (tertiary alicyclic amines) is 1. The molecule has 1 fully saturated rings. The summed E-state index contributed by atoms with van der Waals surface area (Å²) >= 11 is 0. The van der Waals surface area contributed by atoms with Crippen molar-refractivity contribution in [2.24, 2.45) is 5.92 Å². The standard InChI is InChI=1S/C22H27NO/c1-2-21(20-11-7-4-8-12-20)22(24)23-15-13-19(14-16-23)17-18-9-5-3-6-10-18/h3-12,19,21H,2,13-17H2,1H3. The first-order valence-electron chi connectivity index (χ1n) is 9.15. The van der Waals surface area contributed by atoms with Crippen LogP contribution in [-0.4, -0.2) is 23.9 Å². The summed E-state index contributed by atoms with van der Waals surface area (Å²) in [6.07, 6.45) is 4.24. The molecule has 2 heteroatoms. The van der Waals surface area contributed by atoms with Gasteiger partial charge in [-0.25, -0.2) is 0 Å². The van der Waals surface area contributed by atoms with Gasteiger partial charge >= 0.3 is 0 Å². The minimum absolute atomic E-state index is 0.0110. The highest BCUT2D eigenvalue weighted by Crippen LogP contribution is 2.27. The van der Waals surface area contributed by atoms with Crippen LogP contribution in [0.4, 0.5) is 0 Å². The van der Waals surface area contributed by atoms with Gasteiger partial charge in [0.2, 0.25) is 5.91 Å². The molecule has 0 aromatic heterocycles. The molecule has 2 nitrogen and oxygen atoms in total. The Bertz CT molecular complexity index is 630. The number of carbonyl (C=O) groups excluding carboxylic acids is 1. The fourth-order valence-electron chi connectivity index (χ4n) is 3.76. The average Bonchev–Trinajstić information content (AvgIpc) is 2.65. The molecule has 0 bridgehead atoms. The number of piperidine rings is 1. The van der Waals surface area contributed by atoms with E-state index in [0.29, 0.717) is 11.8 Å². The van der Waals surface area contributed by atoms with Crippen LogP contribution in [0.1, 0.15) is 43.2 Å². The maximum Gasteiger partial charge on any atom is 0.230 e. The summed E-state index contributed by atoms with van der Waals surface area (Å²) < 4.78 is 0. The van der Waals surface area contributed by atoms with Gasteiger partial charge in [-0.3, -0.25) is 4.79 Å². The molecule has 1 atom stereocenters. The minimum atomic E-state index is 0.0110. The molecule has 24 heavy (non-hydrogen) atoms. The Morgan fingerprint density at radius 2 is 1.58 bits per heavy atom. The van der Waals surface area contributed by atoms with Crippen LogP contribution in [0.2, 0.25) is 0 Å². The Labute approximate surface area is 145 Å². The molecule has 0 aliphatic carbocycles. The molecule has 0 radical (unpaired) electrons. The van der Waals surface area contributed by atoms with E-state index in [1.807, 2.05) is 18.2 Å². The normalized spacial score (nSPS) is 16.8. The third kappa shape index (κ3) is 4.05. The van der Waals surface area contributed by atoms with Crippen molar-refractivity contribution in [1.29, 1.82) is 0 Å². The first-order chi connectivity index (χ1) is 11.8. The number of benzene rings is 2. The van der Waals surface area contributed by atoms with E-state index in [-0.39, 0.29) is 5.92 Å². The summed E-state index contributed by atoms with van der Waals surface area (Å²) in [5, 5.41) is 0. The zero-order valence-corrected chi connectivity index (χ0v) is 14.5. The summed E-state index contributed by atoms with van der Waals surface area (Å²) in [6.45, 7) is 3.91. The van der Waals surface area contributed by atoms with E-state index in [1.165, 1.54) is 5.56 Å². The van der Waals surface area contributed by atoms with E-state index in [0.717, 1.165) is 44.3 Å². The van der Waals surface area contributed by atoms with Crippen LogP contribution in [0.25, 0.3) is 0 Å². The number of rotatable bonds is 5. The number of nitrogens with zero attached hydrogens (tertiary/aromatic N) is 1. The molecular formula is C22H27NO. The van der Waals surface area contributed by atoms with Crippen molar-refractivity contribution in [2.45, 2.75) is 38.5 Å². The van der Waals surface area contributed by atoms with Crippen LogP contribution in [0.5, 0.6) is 0 Å². The molecule has 126 valence electrons. The molecule has 0 saturated carbocycles. The molecule has 3 rings (SSSR count). The monoisotopic (exact) mass is 321 g/mol. The smallest absolute Gasteiger partial charge is 0.230 e. The van der Waals surface area contributed by atoms with Gasteiger partial charge in [-0.05, 0) is 42.7 Å². The lowest BCUT2D eigenvalue weighted by atomic mass is 9.88. The quantitative estimate of drug-likeness (QED) is 0.784. The van der Waals surface area contributed by atoms with Crippen molar-refractivity contribution >= 4 is 5.91 Å². The van der Waals surface area contributed by atoms with Crippen molar-refractivity contribution in [2.75, 3.05) is 13.1 Å². The van der Waals surface area contributed by atoms with E-state index in [1.54, 1.807) is 0 Å². The van der Waals surface area contributed by atoms with Crippen LogP contribution in [0.3, 0.4) is 0 Å². The van der Waals surface area contributed by atoms with Gasteiger partial charge < -0.3 is 4.90 Å². The maximum atomic E-state index is 12.9. The Morgan fingerprint density at radius 3 is 2.17 bits per heavy atom. The van der Waals surface area contributed by atoms with Gasteiger partial charge in [-0.15, -0.1) is 0 Å². The summed E-state index contributed by atoms with van der Waals surface area (Å²) in [6, 6.07) is 20.9. The lowest BCUT2D eigenvalue weighted by Gasteiger charge is -2.34. The number of hydrogen-bond donors (Lipinski definition) is 0. The molecule has 1 saturated heterocycles. The molecule has 2 aromatic rings. The Morgan fingerprint density at radius 1 is 1.00 bits per heavy atom. The first-order valence-corrected chi connectivity index (χ1v) is 9.15. The number of carbonyl (C=O) groups is 1. The fraction of sp³-hybridized carbons (Fsp3) is 0.409. The molecule has 1 aliphatic heterocycles. The average molecular weight is 321 g/mol. The summed E-state index contributed by atoms with van der Waals surface area (Å²) in [7, 11) is 0. The lowest BCUT2D eigenvalue weighted by molar-refractivity contribution is -0.134. The molecule has 0 spiro atoms. The van der Waals surface area contributed by atoms with Gasteiger partial charge in [0.05, 0.1) is 5.92 Å². The fourth-order valence-corrected chi connectivity index (χ4v) is 3.76. The molecule has 1 amide bonds. The third-order valence-electron chi connectivity index (χ3n) is 5.20. The third-order valence-corrected chi connectivity index (χ3v) is 5.20. The molecular weight excluding hydrogens is 294 g/mol. The van der Waals surface area contributed by atoms with E-state index in [9.17, 15) is 4.79 Å². The van der Waals surface area contributed by atoms with Gasteiger partial charge in [0, 0.05) is 13.1 Å². The SMILES string of the molecule is CCC(C(=O)N1CCC(Cc2ccccc2)CC1)c1ccccc1. The zero-order valence-electron chi connectivity index (χ0n) is 14.5. The Balaban J connectivity index is 1.56. The molecule has 2 aromatic carbocycles. The van der Waals surface area contributed by atoms with Crippen molar-refractivity contribution in [3.05, 3.63) is 71.8 Å². The van der Waals surface area contributed by atoms with E-state index in [2.05, 4.69) is 54.3 Å². The van der Waals surface area contributed by atoms with Crippen molar-refractivity contribution in [1.82, 2.24) is 4.90 Å². The molecule has 1 aliphatic rings. The van der Waals surface area contributed by atoms with Crippen molar-refractivity contribution in [3.63, 3.8) is 0 Å². The number of amides is 1. The highest BCUT2D eigenvalue weighted by atomic mass is 16.2. The lowest BCUT2D eigenvalue weighted by Crippen LogP contribution is -2.41. The van der Waals surface area contributed by atoms with Gasteiger partial charge in [0.15, 0.2) is 0 Å². The van der Waals surface area contributed by atoms with Gasteiger partial charge in [0.1, 0.15) is 0 Å². The summed E-state index contributed by atoms with van der Waals surface area (Å²) in [4.78, 5) is 15.0. The van der Waals surface area contributed by atoms with Gasteiger partial charge in [-0.2, -0.15) is 0 Å². The summed E-state index contributed by atoms with van der Waals surface area (Å²) in [5.41, 5.74) is 2.56. The maximum absolute atomic E-state index is 12.9. The molecule has 0 N–H and O–H groups in total. The highest BCUT2D eigenvalue weighted by Gasteiger charge is 2.28. The van der Waals surface area contributed by atoms with Crippen LogP contribution >= 0.6 is 0 Å².